The van der Waals surface area contributed by atoms with E-state index in [9.17, 15) is 17.6 Å². The number of halogens is 1. The summed E-state index contributed by atoms with van der Waals surface area (Å²) in [6.45, 7) is 1.75. The van der Waals surface area contributed by atoms with E-state index < -0.39 is 15.7 Å². The van der Waals surface area contributed by atoms with Crippen molar-refractivity contribution in [3.63, 3.8) is 0 Å². The van der Waals surface area contributed by atoms with Crippen molar-refractivity contribution in [2.24, 2.45) is 0 Å². The van der Waals surface area contributed by atoms with Crippen LogP contribution in [0.5, 0.6) is 0 Å². The Kier molecular flexibility index (Phi) is 4.43. The molecule has 0 saturated heterocycles. The number of hydrogen-bond acceptors (Lipinski definition) is 4. The Hall–Kier alpha value is -1.73. The number of hydrogen-bond donors (Lipinski definition) is 1. The van der Waals surface area contributed by atoms with Crippen LogP contribution in [0.4, 0.5) is 10.1 Å². The molecule has 1 N–H and O–H groups in total. The summed E-state index contributed by atoms with van der Waals surface area (Å²) in [5, 5.41) is 4.46. The Bertz CT molecular complexity index is 755. The Morgan fingerprint density at radius 3 is 2.57 bits per heavy atom. The largest absolute Gasteiger partial charge is 0.325 e. The average molecular weight is 327 g/mol. The summed E-state index contributed by atoms with van der Waals surface area (Å²) < 4.78 is 36.4. The molecule has 1 aromatic carbocycles. The minimum absolute atomic E-state index is 0.230. The number of carbonyl (C=O) groups excluding carboxylic acids is 1. The summed E-state index contributed by atoms with van der Waals surface area (Å²) in [5.74, 6) is -1.51. The lowest BCUT2D eigenvalue weighted by Crippen LogP contribution is -2.18. The predicted octanol–water partition coefficient (Wildman–Crippen LogP) is 3.03. The summed E-state index contributed by atoms with van der Waals surface area (Å²) in [6, 6.07) is 7.23. The molecule has 2 rings (SSSR count). The van der Waals surface area contributed by atoms with Gasteiger partial charge in [-0.25, -0.2) is 12.8 Å². The average Bonchev–Trinajstić information content (AvgIpc) is 2.90. The van der Waals surface area contributed by atoms with Crippen LogP contribution in [-0.2, 0) is 14.6 Å². The minimum atomic E-state index is -3.62. The zero-order chi connectivity index (χ0) is 15.6. The molecule has 0 radical (unpaired) electrons. The summed E-state index contributed by atoms with van der Waals surface area (Å²) in [4.78, 5) is 12.6. The van der Waals surface area contributed by atoms with Crippen molar-refractivity contribution in [1.82, 2.24) is 0 Å². The third-order valence-electron chi connectivity index (χ3n) is 2.96. The second-order valence-corrected chi connectivity index (χ2v) is 7.61. The first kappa shape index (κ1) is 15.7. The van der Waals surface area contributed by atoms with Gasteiger partial charge in [0.05, 0.1) is 5.92 Å². The maximum atomic E-state index is 13.7. The molecular formula is C14H14FNO3S2. The number of nitrogens with one attached hydrogen (secondary N) is 1. The summed E-state index contributed by atoms with van der Waals surface area (Å²) in [5.41, 5.74) is 0.230. The summed E-state index contributed by atoms with van der Waals surface area (Å²) in [7, 11) is -3.62. The number of carbonyl (C=O) groups is 1. The fourth-order valence-corrected chi connectivity index (χ4v) is 3.31. The number of amides is 1. The molecule has 2 aromatic rings. The van der Waals surface area contributed by atoms with Gasteiger partial charge in [0.2, 0.25) is 5.91 Å². The van der Waals surface area contributed by atoms with Crippen molar-refractivity contribution in [2.45, 2.75) is 17.7 Å². The third kappa shape index (κ3) is 3.68. The van der Waals surface area contributed by atoms with Gasteiger partial charge in [0.25, 0.3) is 0 Å². The Morgan fingerprint density at radius 1 is 1.33 bits per heavy atom. The van der Waals surface area contributed by atoms with Crippen LogP contribution in [0.2, 0.25) is 0 Å². The van der Waals surface area contributed by atoms with Crippen molar-refractivity contribution in [1.29, 1.82) is 0 Å². The van der Waals surface area contributed by atoms with Gasteiger partial charge >= 0.3 is 0 Å². The fourth-order valence-electron chi connectivity index (χ4n) is 1.80. The van der Waals surface area contributed by atoms with E-state index in [1.807, 2.05) is 17.5 Å². The highest BCUT2D eigenvalue weighted by Crippen LogP contribution is 2.24. The lowest BCUT2D eigenvalue weighted by Gasteiger charge is -2.11. The summed E-state index contributed by atoms with van der Waals surface area (Å²) in [6.07, 6.45) is 0.933. The molecule has 21 heavy (non-hydrogen) atoms. The van der Waals surface area contributed by atoms with E-state index in [1.54, 1.807) is 6.92 Å². The van der Waals surface area contributed by atoms with Gasteiger partial charge in [-0.05, 0) is 36.6 Å². The Labute approximate surface area is 126 Å². The van der Waals surface area contributed by atoms with Crippen molar-refractivity contribution in [2.75, 3.05) is 11.6 Å². The first-order chi connectivity index (χ1) is 9.79. The highest BCUT2D eigenvalue weighted by Gasteiger charge is 2.18. The number of benzene rings is 1. The second-order valence-electron chi connectivity index (χ2n) is 4.64. The lowest BCUT2D eigenvalue weighted by molar-refractivity contribution is -0.117. The Morgan fingerprint density at radius 2 is 2.05 bits per heavy atom. The van der Waals surface area contributed by atoms with Gasteiger partial charge in [-0.15, -0.1) is 11.3 Å². The van der Waals surface area contributed by atoms with E-state index in [4.69, 9.17) is 0 Å². The molecule has 0 aliphatic heterocycles. The molecule has 1 aromatic heterocycles. The molecule has 1 atom stereocenters. The van der Waals surface area contributed by atoms with Gasteiger partial charge in [-0.1, -0.05) is 6.07 Å². The van der Waals surface area contributed by atoms with E-state index in [0.29, 0.717) is 0 Å². The Balaban J connectivity index is 2.17. The predicted molar refractivity (Wildman–Crippen MR) is 80.9 cm³/mol. The molecule has 4 nitrogen and oxygen atoms in total. The monoisotopic (exact) mass is 327 g/mol. The van der Waals surface area contributed by atoms with Crippen LogP contribution in [0.15, 0.2) is 40.6 Å². The number of sulfone groups is 1. The van der Waals surface area contributed by atoms with Gasteiger partial charge < -0.3 is 5.32 Å². The smallest absolute Gasteiger partial charge is 0.232 e. The van der Waals surface area contributed by atoms with E-state index in [0.717, 1.165) is 23.3 Å². The molecule has 0 spiro atoms. The highest BCUT2D eigenvalue weighted by molar-refractivity contribution is 7.90. The first-order valence-corrected chi connectivity index (χ1v) is 8.90. The van der Waals surface area contributed by atoms with E-state index in [-0.39, 0.29) is 22.4 Å². The van der Waals surface area contributed by atoms with E-state index >= 15 is 0 Å². The molecule has 0 unspecified atom stereocenters. The number of rotatable bonds is 4. The molecule has 1 amide bonds. The van der Waals surface area contributed by atoms with Crippen LogP contribution in [-0.4, -0.2) is 20.6 Å². The molecule has 0 aliphatic rings. The minimum Gasteiger partial charge on any atom is -0.325 e. The number of anilines is 1. The van der Waals surface area contributed by atoms with E-state index in [1.165, 1.54) is 17.4 Å². The molecule has 0 saturated carbocycles. The normalized spacial score (nSPS) is 12.9. The van der Waals surface area contributed by atoms with Gasteiger partial charge in [-0.2, -0.15) is 0 Å². The van der Waals surface area contributed by atoms with Crippen molar-refractivity contribution < 1.29 is 17.6 Å². The van der Waals surface area contributed by atoms with Crippen LogP contribution < -0.4 is 5.32 Å². The molecule has 0 fully saturated rings. The zero-order valence-electron chi connectivity index (χ0n) is 11.5. The SMILES string of the molecule is C[C@H](C(=O)Nc1ccc(S(C)(=O)=O)c(F)c1)c1cccs1. The molecule has 0 bridgehead atoms. The first-order valence-electron chi connectivity index (χ1n) is 6.13. The molecule has 0 aliphatic carbocycles. The fraction of sp³-hybridized carbons (Fsp3) is 0.214. The van der Waals surface area contributed by atoms with Crippen LogP contribution in [0.25, 0.3) is 0 Å². The van der Waals surface area contributed by atoms with Crippen LogP contribution in [0, 0.1) is 5.82 Å². The van der Waals surface area contributed by atoms with Crippen LogP contribution in [0.3, 0.4) is 0 Å². The highest BCUT2D eigenvalue weighted by atomic mass is 32.2. The van der Waals surface area contributed by atoms with Crippen molar-refractivity contribution in [3.05, 3.63) is 46.4 Å². The lowest BCUT2D eigenvalue weighted by atomic mass is 10.1. The van der Waals surface area contributed by atoms with Crippen molar-refractivity contribution in [3.8, 4) is 0 Å². The van der Waals surface area contributed by atoms with Crippen LogP contribution >= 0.6 is 11.3 Å². The van der Waals surface area contributed by atoms with Gasteiger partial charge in [-0.3, -0.25) is 4.79 Å². The van der Waals surface area contributed by atoms with E-state index in [2.05, 4.69) is 5.32 Å². The standard InChI is InChI=1S/C14H14FNO3S2/c1-9(12-4-3-7-20-12)14(17)16-10-5-6-13(11(15)8-10)21(2,18)19/h3-9H,1-2H3,(H,16,17)/t9-/m0/s1. The molecule has 112 valence electrons. The summed E-state index contributed by atoms with van der Waals surface area (Å²) >= 11 is 1.46. The van der Waals surface area contributed by atoms with Crippen LogP contribution in [0.1, 0.15) is 17.7 Å². The van der Waals surface area contributed by atoms with Gasteiger partial charge in [0.15, 0.2) is 9.84 Å². The molecule has 7 heteroatoms. The molecular weight excluding hydrogens is 313 g/mol. The van der Waals surface area contributed by atoms with Gasteiger partial charge in [0.1, 0.15) is 10.7 Å². The molecule has 1 heterocycles. The quantitative estimate of drug-likeness (QED) is 0.939. The number of thiophene rings is 1. The van der Waals surface area contributed by atoms with Gasteiger partial charge in [0, 0.05) is 16.8 Å². The maximum Gasteiger partial charge on any atom is 0.232 e. The zero-order valence-corrected chi connectivity index (χ0v) is 13.1. The van der Waals surface area contributed by atoms with Crippen molar-refractivity contribution >= 4 is 32.8 Å². The topological polar surface area (TPSA) is 63.2 Å². The second kappa shape index (κ2) is 5.95. The third-order valence-corrected chi connectivity index (χ3v) is 5.15. The maximum absolute atomic E-state index is 13.7.